The number of hydroxylamine groups is 2. The molecule has 2 heterocycles. The van der Waals surface area contributed by atoms with Crippen molar-refractivity contribution in [3.05, 3.63) is 33.8 Å². The fourth-order valence-corrected chi connectivity index (χ4v) is 3.58. The third-order valence-corrected chi connectivity index (χ3v) is 5.09. The quantitative estimate of drug-likeness (QED) is 0.759. The van der Waals surface area contributed by atoms with Crippen LogP contribution in [0, 0.1) is 0 Å². The van der Waals surface area contributed by atoms with Crippen molar-refractivity contribution in [3.8, 4) is 0 Å². The topological polar surface area (TPSA) is 38.5 Å². The Balaban J connectivity index is 2.04. The van der Waals surface area contributed by atoms with E-state index in [4.69, 9.17) is 10.6 Å². The molecule has 112 valence electrons. The van der Waals surface area contributed by atoms with Gasteiger partial charge in [0.05, 0.1) is 0 Å². The zero-order chi connectivity index (χ0) is 14.5. The van der Waals surface area contributed by atoms with Crippen LogP contribution in [0.5, 0.6) is 0 Å². The molecule has 0 radical (unpaired) electrons. The maximum absolute atomic E-state index is 5.89. The van der Waals surface area contributed by atoms with Crippen LogP contribution in [0.2, 0.25) is 0 Å². The van der Waals surface area contributed by atoms with E-state index in [2.05, 4.69) is 38.0 Å². The minimum atomic E-state index is 0.178. The number of hydrogen-bond donors (Lipinski definition) is 1. The van der Waals surface area contributed by atoms with E-state index in [1.165, 1.54) is 29.0 Å². The lowest BCUT2D eigenvalue weighted by molar-refractivity contribution is -0.149. The van der Waals surface area contributed by atoms with E-state index in [1.807, 2.05) is 17.4 Å². The van der Waals surface area contributed by atoms with Crippen molar-refractivity contribution >= 4 is 11.3 Å². The van der Waals surface area contributed by atoms with Crippen molar-refractivity contribution < 1.29 is 4.84 Å². The summed E-state index contributed by atoms with van der Waals surface area (Å²) in [5.74, 6) is 0.531. The number of aryl methyl sites for hydroxylation is 1. The fourth-order valence-electron chi connectivity index (χ4n) is 2.57. The van der Waals surface area contributed by atoms with Gasteiger partial charge in [0.15, 0.2) is 0 Å². The van der Waals surface area contributed by atoms with Gasteiger partial charge < -0.3 is 10.6 Å². The number of thiophene rings is 1. The summed E-state index contributed by atoms with van der Waals surface area (Å²) >= 11 is 1.86. The molecule has 1 aromatic heterocycles. The molecule has 0 aromatic carbocycles. The van der Waals surface area contributed by atoms with Crippen molar-refractivity contribution in [3.63, 3.8) is 0 Å². The maximum Gasteiger partial charge on any atom is 0.207 e. The number of hydrogen-bond acceptors (Lipinski definition) is 4. The molecule has 1 aliphatic rings. The maximum atomic E-state index is 5.89. The Labute approximate surface area is 126 Å². The smallest absolute Gasteiger partial charge is 0.207 e. The molecule has 0 saturated carbocycles. The molecule has 2 unspecified atom stereocenters. The second kappa shape index (κ2) is 7.14. The van der Waals surface area contributed by atoms with E-state index in [1.54, 1.807) is 0 Å². The van der Waals surface area contributed by atoms with Crippen molar-refractivity contribution in [2.45, 2.75) is 65.0 Å². The molecule has 20 heavy (non-hydrogen) atoms. The van der Waals surface area contributed by atoms with E-state index in [9.17, 15) is 0 Å². The van der Waals surface area contributed by atoms with Gasteiger partial charge >= 0.3 is 0 Å². The second-order valence-electron chi connectivity index (χ2n) is 5.47. The van der Waals surface area contributed by atoms with E-state index in [-0.39, 0.29) is 6.04 Å². The molecule has 2 atom stereocenters. The number of nitrogens with two attached hydrogens (primary N) is 1. The Bertz CT molecular complexity index is 455. The summed E-state index contributed by atoms with van der Waals surface area (Å²) in [6.07, 6.45) is 8.05. The molecule has 1 aromatic rings. The third kappa shape index (κ3) is 3.55. The minimum absolute atomic E-state index is 0.178. The SMILES string of the molecule is CCCCCC(C)N1OC(N)=CC1c1ccc(CC)s1. The van der Waals surface area contributed by atoms with Crippen molar-refractivity contribution in [1.82, 2.24) is 5.06 Å². The average Bonchev–Trinajstić information content (AvgIpc) is 3.04. The summed E-state index contributed by atoms with van der Waals surface area (Å²) in [7, 11) is 0. The Kier molecular flexibility index (Phi) is 5.49. The summed E-state index contributed by atoms with van der Waals surface area (Å²) in [5, 5.41) is 2.07. The molecule has 0 bridgehead atoms. The van der Waals surface area contributed by atoms with Crippen molar-refractivity contribution in [2.75, 3.05) is 0 Å². The van der Waals surface area contributed by atoms with Crippen LogP contribution < -0.4 is 5.73 Å². The summed E-state index contributed by atoms with van der Waals surface area (Å²) < 4.78 is 0. The van der Waals surface area contributed by atoms with E-state index >= 15 is 0 Å². The number of nitrogens with zero attached hydrogens (tertiary/aromatic N) is 1. The first kappa shape index (κ1) is 15.4. The average molecular weight is 294 g/mol. The molecule has 3 nitrogen and oxygen atoms in total. The van der Waals surface area contributed by atoms with Crippen LogP contribution in [0.3, 0.4) is 0 Å². The van der Waals surface area contributed by atoms with Gasteiger partial charge in [-0.05, 0) is 31.9 Å². The lowest BCUT2D eigenvalue weighted by Gasteiger charge is -2.28. The molecule has 0 saturated heterocycles. The van der Waals surface area contributed by atoms with Crippen LogP contribution in [0.15, 0.2) is 24.1 Å². The molecule has 0 spiro atoms. The predicted molar refractivity (Wildman–Crippen MR) is 85.2 cm³/mol. The van der Waals surface area contributed by atoms with E-state index < -0.39 is 0 Å². The Hall–Kier alpha value is -1.00. The van der Waals surface area contributed by atoms with Crippen LogP contribution in [-0.2, 0) is 11.3 Å². The molecule has 1 aliphatic heterocycles. The molecule has 2 N–H and O–H groups in total. The van der Waals surface area contributed by atoms with Gasteiger partial charge in [-0.15, -0.1) is 16.4 Å². The molecule has 0 aliphatic carbocycles. The molecule has 0 amide bonds. The fraction of sp³-hybridized carbons (Fsp3) is 0.625. The highest BCUT2D eigenvalue weighted by Crippen LogP contribution is 2.36. The van der Waals surface area contributed by atoms with Crippen LogP contribution in [0.4, 0.5) is 0 Å². The third-order valence-electron chi connectivity index (χ3n) is 3.79. The zero-order valence-corrected chi connectivity index (χ0v) is 13.6. The monoisotopic (exact) mass is 294 g/mol. The summed E-state index contributed by atoms with van der Waals surface area (Å²) in [4.78, 5) is 8.48. The van der Waals surface area contributed by atoms with Gasteiger partial charge in [-0.1, -0.05) is 33.1 Å². The van der Waals surface area contributed by atoms with Gasteiger partial charge in [-0.3, -0.25) is 0 Å². The zero-order valence-electron chi connectivity index (χ0n) is 12.8. The minimum Gasteiger partial charge on any atom is -0.387 e. The van der Waals surface area contributed by atoms with Gasteiger partial charge in [0.1, 0.15) is 6.04 Å². The van der Waals surface area contributed by atoms with E-state index in [0.717, 1.165) is 12.8 Å². The molecule has 0 fully saturated rings. The first-order chi connectivity index (χ1) is 9.65. The van der Waals surface area contributed by atoms with Crippen molar-refractivity contribution in [1.29, 1.82) is 0 Å². The lowest BCUT2D eigenvalue weighted by atomic mass is 10.1. The van der Waals surface area contributed by atoms with Gasteiger partial charge in [0.25, 0.3) is 0 Å². The van der Waals surface area contributed by atoms with Crippen LogP contribution >= 0.6 is 11.3 Å². The molecular formula is C16H26N2OS. The Morgan fingerprint density at radius 1 is 1.35 bits per heavy atom. The Morgan fingerprint density at radius 3 is 2.80 bits per heavy atom. The normalized spacial score (nSPS) is 20.8. The predicted octanol–water partition coefficient (Wildman–Crippen LogP) is 4.37. The van der Waals surface area contributed by atoms with Gasteiger partial charge in [-0.25, -0.2) is 0 Å². The van der Waals surface area contributed by atoms with Crippen LogP contribution in [0.1, 0.15) is 62.3 Å². The van der Waals surface area contributed by atoms with Gasteiger partial charge in [-0.2, -0.15) is 0 Å². The first-order valence-corrected chi connectivity index (χ1v) is 8.49. The molecular weight excluding hydrogens is 268 g/mol. The number of rotatable bonds is 7. The summed E-state index contributed by atoms with van der Waals surface area (Å²) in [5.41, 5.74) is 5.89. The van der Waals surface area contributed by atoms with Gasteiger partial charge in [0.2, 0.25) is 5.88 Å². The largest absolute Gasteiger partial charge is 0.387 e. The summed E-state index contributed by atoms with van der Waals surface area (Å²) in [6, 6.07) is 4.98. The Morgan fingerprint density at radius 2 is 2.15 bits per heavy atom. The van der Waals surface area contributed by atoms with Gasteiger partial charge in [0, 0.05) is 21.9 Å². The molecule has 2 rings (SSSR count). The highest BCUT2D eigenvalue weighted by molar-refractivity contribution is 7.12. The van der Waals surface area contributed by atoms with Crippen LogP contribution in [-0.4, -0.2) is 11.1 Å². The van der Waals surface area contributed by atoms with E-state index in [0.29, 0.717) is 11.9 Å². The molecule has 4 heteroatoms. The highest BCUT2D eigenvalue weighted by Gasteiger charge is 2.32. The highest BCUT2D eigenvalue weighted by atomic mass is 32.1. The standard InChI is InChI=1S/C16H26N2OS/c1-4-6-7-8-12(3)18-14(11-16(17)19-18)15-10-9-13(5-2)20-15/h9-12,14H,4-8,17H2,1-3H3. The van der Waals surface area contributed by atoms with Crippen LogP contribution in [0.25, 0.3) is 0 Å². The lowest BCUT2D eigenvalue weighted by Crippen LogP contribution is -2.32. The number of unbranched alkanes of at least 4 members (excludes halogenated alkanes) is 2. The second-order valence-corrected chi connectivity index (χ2v) is 6.67. The summed E-state index contributed by atoms with van der Waals surface area (Å²) in [6.45, 7) is 6.65. The van der Waals surface area contributed by atoms with Crippen molar-refractivity contribution in [2.24, 2.45) is 5.73 Å². The first-order valence-electron chi connectivity index (χ1n) is 7.67.